The Balaban J connectivity index is 1.95. The molecule has 1 saturated heterocycles. The van der Waals surface area contributed by atoms with Crippen LogP contribution in [0.15, 0.2) is 4.99 Å². The van der Waals surface area contributed by atoms with Crippen molar-refractivity contribution in [1.29, 1.82) is 0 Å². The minimum Gasteiger partial charge on any atom is -0.362 e. The Labute approximate surface area is 104 Å². The first-order valence-corrected chi connectivity index (χ1v) is 7.66. The van der Waals surface area contributed by atoms with Crippen LogP contribution in [0.25, 0.3) is 0 Å². The Morgan fingerprint density at radius 2 is 2.12 bits per heavy atom. The molecule has 0 bridgehead atoms. The van der Waals surface area contributed by atoms with Crippen LogP contribution in [-0.2, 0) is 0 Å². The van der Waals surface area contributed by atoms with Gasteiger partial charge in [-0.25, -0.2) is 0 Å². The maximum Gasteiger partial charge on any atom is 0.157 e. The van der Waals surface area contributed by atoms with E-state index in [4.69, 9.17) is 4.99 Å². The first kappa shape index (κ1) is 12.3. The van der Waals surface area contributed by atoms with E-state index in [0.29, 0.717) is 12.1 Å². The molecule has 2 rings (SSSR count). The Hall–Kier alpha value is -0.180. The van der Waals surface area contributed by atoms with Crippen molar-refractivity contribution in [1.82, 2.24) is 5.32 Å². The van der Waals surface area contributed by atoms with E-state index in [-0.39, 0.29) is 0 Å². The second kappa shape index (κ2) is 5.44. The van der Waals surface area contributed by atoms with Crippen molar-refractivity contribution < 1.29 is 0 Å². The highest BCUT2D eigenvalue weighted by Gasteiger charge is 2.30. The van der Waals surface area contributed by atoms with E-state index >= 15 is 0 Å². The van der Waals surface area contributed by atoms with Crippen molar-refractivity contribution in [2.75, 3.05) is 5.75 Å². The molecule has 92 valence electrons. The maximum atomic E-state index is 4.93. The number of hydrogen-bond donors (Lipinski definition) is 1. The summed E-state index contributed by atoms with van der Waals surface area (Å²) in [6.07, 6.45) is 5.14. The second-order valence-corrected chi connectivity index (χ2v) is 6.39. The fourth-order valence-electron chi connectivity index (χ4n) is 2.64. The van der Waals surface area contributed by atoms with Crippen molar-refractivity contribution in [3.63, 3.8) is 0 Å². The SMILES string of the molecule is CCC1CCSC(=NC2CCC(C)C2C)N1. The van der Waals surface area contributed by atoms with Crippen LogP contribution in [0.2, 0.25) is 0 Å². The van der Waals surface area contributed by atoms with E-state index in [1.807, 2.05) is 11.8 Å². The summed E-state index contributed by atoms with van der Waals surface area (Å²) in [4.78, 5) is 4.93. The molecule has 0 spiro atoms. The highest BCUT2D eigenvalue weighted by Crippen LogP contribution is 2.34. The zero-order valence-corrected chi connectivity index (χ0v) is 11.5. The summed E-state index contributed by atoms with van der Waals surface area (Å²) < 4.78 is 0. The number of hydrogen-bond acceptors (Lipinski definition) is 2. The zero-order chi connectivity index (χ0) is 11.5. The maximum absolute atomic E-state index is 4.93. The number of nitrogens with one attached hydrogen (secondary N) is 1. The van der Waals surface area contributed by atoms with Crippen molar-refractivity contribution in [3.05, 3.63) is 0 Å². The fraction of sp³-hybridized carbons (Fsp3) is 0.923. The van der Waals surface area contributed by atoms with Gasteiger partial charge in [0.15, 0.2) is 5.17 Å². The van der Waals surface area contributed by atoms with E-state index < -0.39 is 0 Å². The van der Waals surface area contributed by atoms with Gasteiger partial charge in [-0.1, -0.05) is 32.5 Å². The van der Waals surface area contributed by atoms with Gasteiger partial charge >= 0.3 is 0 Å². The lowest BCUT2D eigenvalue weighted by atomic mass is 9.98. The van der Waals surface area contributed by atoms with Crippen molar-refractivity contribution in [3.8, 4) is 0 Å². The Morgan fingerprint density at radius 3 is 2.75 bits per heavy atom. The molecule has 0 amide bonds. The lowest BCUT2D eigenvalue weighted by Crippen LogP contribution is -2.38. The third kappa shape index (κ3) is 2.73. The molecule has 3 heteroatoms. The molecule has 1 N–H and O–H groups in total. The Morgan fingerprint density at radius 1 is 1.31 bits per heavy atom. The third-order valence-electron chi connectivity index (χ3n) is 4.23. The van der Waals surface area contributed by atoms with Gasteiger partial charge in [-0.2, -0.15) is 0 Å². The lowest BCUT2D eigenvalue weighted by Gasteiger charge is -2.25. The monoisotopic (exact) mass is 240 g/mol. The number of amidine groups is 1. The number of nitrogens with zero attached hydrogens (tertiary/aromatic N) is 1. The van der Waals surface area contributed by atoms with E-state index in [1.54, 1.807) is 0 Å². The number of thioether (sulfide) groups is 1. The molecule has 4 atom stereocenters. The molecule has 1 saturated carbocycles. The molecular weight excluding hydrogens is 216 g/mol. The van der Waals surface area contributed by atoms with Crippen LogP contribution in [0.4, 0.5) is 0 Å². The largest absolute Gasteiger partial charge is 0.362 e. The van der Waals surface area contributed by atoms with E-state index in [2.05, 4.69) is 26.1 Å². The highest BCUT2D eigenvalue weighted by atomic mass is 32.2. The molecule has 1 aliphatic heterocycles. The first-order valence-electron chi connectivity index (χ1n) is 6.67. The van der Waals surface area contributed by atoms with Gasteiger partial charge in [0.1, 0.15) is 0 Å². The Kier molecular flexibility index (Phi) is 4.17. The van der Waals surface area contributed by atoms with E-state index in [1.165, 1.54) is 36.6 Å². The summed E-state index contributed by atoms with van der Waals surface area (Å²) in [5.41, 5.74) is 0. The molecule has 0 aromatic heterocycles. The zero-order valence-electron chi connectivity index (χ0n) is 10.7. The third-order valence-corrected chi connectivity index (χ3v) is 5.17. The van der Waals surface area contributed by atoms with Gasteiger partial charge in [-0.05, 0) is 37.5 Å². The summed E-state index contributed by atoms with van der Waals surface area (Å²) in [5.74, 6) is 2.85. The number of aliphatic imine (C=N–C) groups is 1. The fourth-order valence-corrected chi connectivity index (χ4v) is 3.69. The standard InChI is InChI=1S/C13H24N2S/c1-4-11-7-8-16-13(14-11)15-12-6-5-9(2)10(12)3/h9-12H,4-8H2,1-3H3,(H,14,15). The first-order chi connectivity index (χ1) is 7.70. The van der Waals surface area contributed by atoms with Crippen molar-refractivity contribution in [2.45, 2.75) is 58.5 Å². The molecule has 0 radical (unpaired) electrons. The van der Waals surface area contributed by atoms with Gasteiger partial charge < -0.3 is 5.32 Å². The molecule has 2 aliphatic rings. The summed E-state index contributed by atoms with van der Waals surface area (Å²) >= 11 is 1.91. The van der Waals surface area contributed by atoms with Gasteiger partial charge in [0.2, 0.25) is 0 Å². The van der Waals surface area contributed by atoms with Crippen LogP contribution in [-0.4, -0.2) is 23.0 Å². The van der Waals surface area contributed by atoms with Crippen LogP contribution < -0.4 is 5.32 Å². The molecule has 1 heterocycles. The van der Waals surface area contributed by atoms with Crippen molar-refractivity contribution >= 4 is 16.9 Å². The summed E-state index contributed by atoms with van der Waals surface area (Å²) in [7, 11) is 0. The topological polar surface area (TPSA) is 24.4 Å². The minimum atomic E-state index is 0.570. The van der Waals surface area contributed by atoms with Gasteiger partial charge in [-0.15, -0.1) is 0 Å². The predicted octanol–water partition coefficient (Wildman–Crippen LogP) is 3.28. The van der Waals surface area contributed by atoms with E-state index in [0.717, 1.165) is 11.8 Å². The molecule has 0 aromatic rings. The molecule has 2 nitrogen and oxygen atoms in total. The van der Waals surface area contributed by atoms with Gasteiger partial charge in [-0.3, -0.25) is 4.99 Å². The average Bonchev–Trinajstić information content (AvgIpc) is 2.61. The summed E-state index contributed by atoms with van der Waals surface area (Å²) in [6, 6.07) is 1.23. The number of rotatable bonds is 2. The predicted molar refractivity (Wildman–Crippen MR) is 73.1 cm³/mol. The molecule has 0 aromatic carbocycles. The van der Waals surface area contributed by atoms with Crippen LogP contribution >= 0.6 is 11.8 Å². The molecule has 4 unspecified atom stereocenters. The normalized spacial score (nSPS) is 42.3. The molecule has 16 heavy (non-hydrogen) atoms. The summed E-state index contributed by atoms with van der Waals surface area (Å²) in [6.45, 7) is 6.98. The molecule has 2 fully saturated rings. The minimum absolute atomic E-state index is 0.570. The lowest BCUT2D eigenvalue weighted by molar-refractivity contribution is 0.422. The average molecular weight is 240 g/mol. The quantitative estimate of drug-likeness (QED) is 0.801. The van der Waals surface area contributed by atoms with Crippen LogP contribution in [0.3, 0.4) is 0 Å². The Bertz CT molecular complexity index is 265. The highest BCUT2D eigenvalue weighted by molar-refractivity contribution is 8.13. The smallest absolute Gasteiger partial charge is 0.157 e. The van der Waals surface area contributed by atoms with Gasteiger partial charge in [0.05, 0.1) is 6.04 Å². The van der Waals surface area contributed by atoms with Crippen LogP contribution in [0.5, 0.6) is 0 Å². The molecular formula is C13H24N2S. The van der Waals surface area contributed by atoms with Gasteiger partial charge in [0.25, 0.3) is 0 Å². The molecule has 1 aliphatic carbocycles. The summed E-state index contributed by atoms with van der Waals surface area (Å²) in [5, 5.41) is 4.79. The van der Waals surface area contributed by atoms with Gasteiger partial charge in [0, 0.05) is 11.8 Å². The van der Waals surface area contributed by atoms with E-state index in [9.17, 15) is 0 Å². The van der Waals surface area contributed by atoms with Crippen LogP contribution in [0.1, 0.15) is 46.5 Å². The second-order valence-electron chi connectivity index (χ2n) is 5.30. The van der Waals surface area contributed by atoms with Crippen LogP contribution in [0, 0.1) is 11.8 Å². The van der Waals surface area contributed by atoms with Crippen molar-refractivity contribution in [2.24, 2.45) is 16.8 Å².